The number of hydrogen-bond acceptors (Lipinski definition) is 4. The molecule has 1 aliphatic heterocycles. The minimum absolute atomic E-state index is 0.766. The van der Waals surface area contributed by atoms with Gasteiger partial charge in [-0.1, -0.05) is 49.6 Å². The van der Waals surface area contributed by atoms with Gasteiger partial charge in [-0.3, -0.25) is 0 Å². The molecule has 0 amide bonds. The maximum absolute atomic E-state index is 5.94. The smallest absolute Gasteiger partial charge is 0.162 e. The zero-order chi connectivity index (χ0) is 20.9. The van der Waals surface area contributed by atoms with Crippen LogP contribution < -0.4 is 9.64 Å². The molecule has 1 saturated heterocycles. The highest BCUT2D eigenvalue weighted by Gasteiger charge is 2.16. The lowest BCUT2D eigenvalue weighted by atomic mass is 10.1. The molecule has 0 radical (unpaired) electrons. The summed E-state index contributed by atoms with van der Waals surface area (Å²) >= 11 is 0. The number of fused-ring (bicyclic) bond motifs is 1. The Bertz CT molecular complexity index is 1130. The van der Waals surface area contributed by atoms with Gasteiger partial charge in [0.15, 0.2) is 5.82 Å². The molecule has 5 rings (SSSR count). The molecule has 0 atom stereocenters. The van der Waals surface area contributed by atoms with Crippen molar-refractivity contribution in [3.63, 3.8) is 0 Å². The quantitative estimate of drug-likeness (QED) is 0.369. The van der Waals surface area contributed by atoms with E-state index in [1.807, 2.05) is 60.7 Å². The van der Waals surface area contributed by atoms with Crippen molar-refractivity contribution in [2.75, 3.05) is 18.0 Å². The van der Waals surface area contributed by atoms with E-state index in [0.717, 1.165) is 52.7 Å². The highest BCUT2D eigenvalue weighted by molar-refractivity contribution is 5.91. The third kappa shape index (κ3) is 4.53. The molecule has 2 heterocycles. The van der Waals surface area contributed by atoms with E-state index in [-0.39, 0.29) is 0 Å². The second kappa shape index (κ2) is 9.17. The molecule has 4 nitrogen and oxygen atoms in total. The molecule has 156 valence electrons. The number of rotatable bonds is 4. The Morgan fingerprint density at radius 3 is 2.03 bits per heavy atom. The van der Waals surface area contributed by atoms with Gasteiger partial charge in [0.2, 0.25) is 0 Å². The summed E-state index contributed by atoms with van der Waals surface area (Å²) in [5.41, 5.74) is 1.99. The summed E-state index contributed by atoms with van der Waals surface area (Å²) in [7, 11) is 0. The molecule has 0 unspecified atom stereocenters. The Hall–Kier alpha value is -3.40. The van der Waals surface area contributed by atoms with Gasteiger partial charge in [-0.2, -0.15) is 0 Å². The van der Waals surface area contributed by atoms with Crippen LogP contribution in [0.4, 0.5) is 5.82 Å². The molecule has 1 aromatic heterocycles. The summed E-state index contributed by atoms with van der Waals surface area (Å²) in [5, 5.41) is 1.14. The second-order valence-electron chi connectivity index (χ2n) is 8.08. The number of aromatic nitrogens is 2. The van der Waals surface area contributed by atoms with Gasteiger partial charge < -0.3 is 9.64 Å². The van der Waals surface area contributed by atoms with Gasteiger partial charge in [-0.05, 0) is 61.4 Å². The van der Waals surface area contributed by atoms with Gasteiger partial charge in [0, 0.05) is 24.0 Å². The third-order valence-corrected chi connectivity index (χ3v) is 5.83. The van der Waals surface area contributed by atoms with Crippen LogP contribution in [-0.2, 0) is 0 Å². The Balaban J connectivity index is 1.48. The second-order valence-corrected chi connectivity index (χ2v) is 8.08. The monoisotopic (exact) mass is 409 g/mol. The van der Waals surface area contributed by atoms with Crippen molar-refractivity contribution < 1.29 is 4.74 Å². The minimum Gasteiger partial charge on any atom is -0.457 e. The van der Waals surface area contributed by atoms with Gasteiger partial charge in [-0.15, -0.1) is 0 Å². The van der Waals surface area contributed by atoms with Crippen LogP contribution in [0.2, 0.25) is 0 Å². The largest absolute Gasteiger partial charge is 0.457 e. The van der Waals surface area contributed by atoms with Crippen molar-refractivity contribution in [2.45, 2.75) is 32.1 Å². The fourth-order valence-corrected chi connectivity index (χ4v) is 4.19. The SMILES string of the molecule is c1ccc(Oc2ccc(-c3nc(N4CCCCCCC4)c4ccccc4n3)cc2)cc1. The molecule has 4 aromatic rings. The summed E-state index contributed by atoms with van der Waals surface area (Å²) in [6.45, 7) is 2.12. The molecule has 0 aliphatic carbocycles. The summed E-state index contributed by atoms with van der Waals surface area (Å²) in [4.78, 5) is 12.4. The lowest BCUT2D eigenvalue weighted by molar-refractivity contribution is 0.483. The summed E-state index contributed by atoms with van der Waals surface area (Å²) in [6, 6.07) is 26.2. The molecule has 3 aromatic carbocycles. The van der Waals surface area contributed by atoms with Crippen molar-refractivity contribution in [3.05, 3.63) is 78.9 Å². The van der Waals surface area contributed by atoms with Crippen LogP contribution in [0.1, 0.15) is 32.1 Å². The number of para-hydroxylation sites is 2. The minimum atomic E-state index is 0.766. The lowest BCUT2D eigenvalue weighted by Gasteiger charge is -2.27. The first kappa shape index (κ1) is 19.6. The fraction of sp³-hybridized carbons (Fsp3) is 0.259. The van der Waals surface area contributed by atoms with Crippen molar-refractivity contribution in [1.29, 1.82) is 0 Å². The van der Waals surface area contributed by atoms with Crippen LogP contribution in [0.3, 0.4) is 0 Å². The van der Waals surface area contributed by atoms with E-state index in [9.17, 15) is 0 Å². The maximum Gasteiger partial charge on any atom is 0.162 e. The van der Waals surface area contributed by atoms with E-state index >= 15 is 0 Å². The Kier molecular flexibility index (Phi) is 5.79. The first-order valence-corrected chi connectivity index (χ1v) is 11.2. The predicted molar refractivity (Wildman–Crippen MR) is 127 cm³/mol. The van der Waals surface area contributed by atoms with E-state index in [4.69, 9.17) is 14.7 Å². The first-order chi connectivity index (χ1) is 15.4. The first-order valence-electron chi connectivity index (χ1n) is 11.2. The molecule has 1 fully saturated rings. The molecule has 0 N–H and O–H groups in total. The highest BCUT2D eigenvalue weighted by Crippen LogP contribution is 2.30. The van der Waals surface area contributed by atoms with Crippen LogP contribution >= 0.6 is 0 Å². The average molecular weight is 410 g/mol. The zero-order valence-electron chi connectivity index (χ0n) is 17.7. The molecule has 0 saturated carbocycles. The van der Waals surface area contributed by atoms with Crippen molar-refractivity contribution in [1.82, 2.24) is 9.97 Å². The normalized spacial score (nSPS) is 14.8. The Labute approximate surface area is 183 Å². The maximum atomic E-state index is 5.94. The van der Waals surface area contributed by atoms with Crippen LogP contribution in [0, 0.1) is 0 Å². The predicted octanol–water partition coefficient (Wildman–Crippen LogP) is 6.86. The molecule has 0 bridgehead atoms. The van der Waals surface area contributed by atoms with Gasteiger partial charge in [0.25, 0.3) is 0 Å². The summed E-state index contributed by atoms with van der Waals surface area (Å²) < 4.78 is 5.94. The topological polar surface area (TPSA) is 38.2 Å². The number of benzene rings is 3. The molecular formula is C27H27N3O. The lowest BCUT2D eigenvalue weighted by Crippen LogP contribution is -2.28. The van der Waals surface area contributed by atoms with Crippen LogP contribution in [0.25, 0.3) is 22.3 Å². The van der Waals surface area contributed by atoms with Gasteiger partial charge in [0.05, 0.1) is 5.52 Å². The zero-order valence-corrected chi connectivity index (χ0v) is 17.7. The number of anilines is 1. The molecular weight excluding hydrogens is 382 g/mol. The highest BCUT2D eigenvalue weighted by atomic mass is 16.5. The van der Waals surface area contributed by atoms with E-state index < -0.39 is 0 Å². The van der Waals surface area contributed by atoms with Crippen LogP contribution in [0.15, 0.2) is 78.9 Å². The number of ether oxygens (including phenoxy) is 1. The Morgan fingerprint density at radius 1 is 0.613 bits per heavy atom. The summed E-state index contributed by atoms with van der Waals surface area (Å²) in [6.07, 6.45) is 6.39. The molecule has 1 aliphatic rings. The van der Waals surface area contributed by atoms with E-state index in [0.29, 0.717) is 0 Å². The molecule has 4 heteroatoms. The number of hydrogen-bond donors (Lipinski definition) is 0. The van der Waals surface area contributed by atoms with Gasteiger partial charge >= 0.3 is 0 Å². The number of nitrogens with zero attached hydrogens (tertiary/aromatic N) is 3. The molecule has 0 spiro atoms. The molecule has 31 heavy (non-hydrogen) atoms. The third-order valence-electron chi connectivity index (χ3n) is 5.83. The van der Waals surface area contributed by atoms with Crippen LogP contribution in [0.5, 0.6) is 11.5 Å². The fourth-order valence-electron chi connectivity index (χ4n) is 4.19. The van der Waals surface area contributed by atoms with E-state index in [1.165, 1.54) is 32.1 Å². The standard InChI is InChI=1S/C27H27N3O/c1-2-9-19-30(20-10-3-1)27-24-13-7-8-14-25(24)28-26(29-27)21-15-17-23(18-16-21)31-22-11-5-4-6-12-22/h4-8,11-18H,1-3,9-10,19-20H2. The average Bonchev–Trinajstić information content (AvgIpc) is 2.80. The van der Waals surface area contributed by atoms with Gasteiger partial charge in [0.1, 0.15) is 17.3 Å². The van der Waals surface area contributed by atoms with Crippen molar-refractivity contribution in [3.8, 4) is 22.9 Å². The van der Waals surface area contributed by atoms with Crippen molar-refractivity contribution in [2.24, 2.45) is 0 Å². The van der Waals surface area contributed by atoms with E-state index in [2.05, 4.69) is 23.1 Å². The van der Waals surface area contributed by atoms with Crippen molar-refractivity contribution >= 4 is 16.7 Å². The Morgan fingerprint density at radius 2 is 1.26 bits per heavy atom. The summed E-state index contributed by atoms with van der Waals surface area (Å²) in [5.74, 6) is 3.46. The van der Waals surface area contributed by atoms with E-state index in [1.54, 1.807) is 0 Å². The van der Waals surface area contributed by atoms with Crippen LogP contribution in [-0.4, -0.2) is 23.1 Å². The van der Waals surface area contributed by atoms with Gasteiger partial charge in [-0.25, -0.2) is 9.97 Å².